The topological polar surface area (TPSA) is 132 Å². The predicted octanol–water partition coefficient (Wildman–Crippen LogP) is 3.99. The molecule has 218 valence electrons. The molecule has 0 aromatic heterocycles. The minimum Gasteiger partial charge on any atom is -0.478 e. The number of carbonyl (C=O) groups is 3. The van der Waals surface area contributed by atoms with E-state index in [1.165, 1.54) is 13.0 Å². The number of rotatable bonds is 5. The molecule has 0 heterocycles. The van der Waals surface area contributed by atoms with Crippen LogP contribution >= 0.6 is 0 Å². The summed E-state index contributed by atoms with van der Waals surface area (Å²) in [6.07, 6.45) is 2.31. The van der Waals surface area contributed by atoms with Crippen LogP contribution < -0.4 is 0 Å². The summed E-state index contributed by atoms with van der Waals surface area (Å²) >= 11 is 0. The van der Waals surface area contributed by atoms with Crippen LogP contribution in [-0.4, -0.2) is 56.3 Å². The van der Waals surface area contributed by atoms with Crippen LogP contribution in [0.2, 0.25) is 0 Å². The smallest absolute Gasteiger partial charge is 0.331 e. The number of carboxylic acid groups (broad SMARTS) is 1. The highest BCUT2D eigenvalue weighted by Crippen LogP contribution is 2.73. The lowest BCUT2D eigenvalue weighted by Gasteiger charge is -2.62. The quantitative estimate of drug-likeness (QED) is 0.300. The highest BCUT2D eigenvalue weighted by molar-refractivity contribution is 6.01. The number of allylic oxidation sites excluding steroid dienone is 1. The number of carbonyl (C=O) groups excluding carboxylic acids is 2. The first-order chi connectivity index (χ1) is 18.6. The lowest BCUT2D eigenvalue weighted by molar-refractivity contribution is -0.148. The van der Waals surface area contributed by atoms with Gasteiger partial charge in [0.1, 0.15) is 5.78 Å². The van der Waals surface area contributed by atoms with Crippen molar-refractivity contribution in [1.29, 1.82) is 0 Å². The highest BCUT2D eigenvalue weighted by Gasteiger charge is 2.71. The molecule has 0 unspecified atom stereocenters. The first-order valence-corrected chi connectivity index (χ1v) is 14.9. The summed E-state index contributed by atoms with van der Waals surface area (Å²) < 4.78 is 0. The van der Waals surface area contributed by atoms with E-state index in [2.05, 4.69) is 25.7 Å². The molecule has 0 amide bonds. The van der Waals surface area contributed by atoms with Gasteiger partial charge in [-0.2, -0.15) is 0 Å². The minimum absolute atomic E-state index is 0.00436. The van der Waals surface area contributed by atoms with Gasteiger partial charge in [-0.05, 0) is 73.8 Å². The molecule has 6 bridgehead atoms. The number of ketones is 2. The fourth-order valence-corrected chi connectivity index (χ4v) is 10.2. The lowest BCUT2D eigenvalue weighted by Crippen LogP contribution is -2.61. The average molecular weight is 553 g/mol. The van der Waals surface area contributed by atoms with Gasteiger partial charge in [0.25, 0.3) is 0 Å². The SMILES string of the molecule is C/C(=C\[C@@H](O)C[C@@H](C)[C@H]1C[C@H](O)[C@@]23CCC#CC[C@]4(C)C(=O)CC[C@]5(C)C(=C2[C@H](O)C[C@H]45)C(=O)C[C@]13C)C(=O)O. The Kier molecular flexibility index (Phi) is 7.05. The van der Waals surface area contributed by atoms with Crippen molar-refractivity contribution in [2.75, 3.05) is 0 Å². The molecule has 0 aromatic rings. The van der Waals surface area contributed by atoms with Crippen LogP contribution in [0, 0.1) is 51.3 Å². The van der Waals surface area contributed by atoms with Crippen LogP contribution in [0.25, 0.3) is 0 Å². The Balaban J connectivity index is 1.65. The summed E-state index contributed by atoms with van der Waals surface area (Å²) in [4.78, 5) is 39.0. The fourth-order valence-electron chi connectivity index (χ4n) is 10.2. The average Bonchev–Trinajstić information content (AvgIpc) is 3.07. The van der Waals surface area contributed by atoms with Gasteiger partial charge < -0.3 is 20.4 Å². The van der Waals surface area contributed by atoms with Gasteiger partial charge in [0.2, 0.25) is 0 Å². The van der Waals surface area contributed by atoms with E-state index in [1.54, 1.807) is 0 Å². The minimum atomic E-state index is -1.08. The Morgan fingerprint density at radius 3 is 2.48 bits per heavy atom. The van der Waals surface area contributed by atoms with Crippen LogP contribution in [0.1, 0.15) is 92.4 Å². The van der Waals surface area contributed by atoms with Gasteiger partial charge in [0, 0.05) is 53.1 Å². The number of carboxylic acids is 1. The van der Waals surface area contributed by atoms with Crippen molar-refractivity contribution in [3.8, 4) is 11.8 Å². The molecule has 2 fully saturated rings. The first-order valence-electron chi connectivity index (χ1n) is 14.9. The predicted molar refractivity (Wildman–Crippen MR) is 149 cm³/mol. The molecule has 0 aromatic carbocycles. The number of aliphatic carboxylic acids is 1. The Morgan fingerprint density at radius 1 is 1.10 bits per heavy atom. The molecule has 5 rings (SSSR count). The van der Waals surface area contributed by atoms with E-state index >= 15 is 0 Å². The lowest BCUT2D eigenvalue weighted by atomic mass is 9.41. The molecular weight excluding hydrogens is 508 g/mol. The first kappa shape index (κ1) is 29.2. The van der Waals surface area contributed by atoms with E-state index in [4.69, 9.17) is 0 Å². The molecule has 0 aliphatic heterocycles. The second-order valence-electron chi connectivity index (χ2n) is 14.2. The Hall–Kier alpha value is -2.27. The van der Waals surface area contributed by atoms with Crippen LogP contribution in [-0.2, 0) is 14.4 Å². The molecule has 1 spiro atoms. The maximum absolute atomic E-state index is 14.4. The van der Waals surface area contributed by atoms with Crippen molar-refractivity contribution in [3.63, 3.8) is 0 Å². The Labute approximate surface area is 237 Å². The number of aliphatic hydroxyl groups is 3. The molecule has 0 radical (unpaired) electrons. The highest BCUT2D eigenvalue weighted by atomic mass is 16.4. The van der Waals surface area contributed by atoms with E-state index in [0.717, 1.165) is 0 Å². The molecule has 5 aliphatic rings. The zero-order chi connectivity index (χ0) is 29.4. The molecule has 7 nitrogen and oxygen atoms in total. The molecule has 5 aliphatic carbocycles. The van der Waals surface area contributed by atoms with Crippen molar-refractivity contribution in [1.82, 2.24) is 0 Å². The third-order valence-corrected chi connectivity index (χ3v) is 12.2. The van der Waals surface area contributed by atoms with E-state index in [1.807, 2.05) is 13.8 Å². The van der Waals surface area contributed by atoms with E-state index in [-0.39, 0.29) is 41.3 Å². The van der Waals surface area contributed by atoms with Crippen molar-refractivity contribution in [3.05, 3.63) is 22.8 Å². The second kappa shape index (κ2) is 9.64. The standard InChI is InChI=1S/C33H44O7/c1-18(13-20(34)14-19(2)29(39)40)21-15-26(38)33-11-8-6-7-10-30(3)24-16-22(35)28(33)27(23(36)17-32(21,33)5)31(24,4)12-9-25(30)37/h14,18,20-22,24,26,34-35,38H,8-13,15-17H2,1-5H3,(H,39,40)/b19-14+/t18-,20+,21-,22-,24-,26+,30+,31+,32-,33+/m1/s1. The third-order valence-electron chi connectivity index (χ3n) is 12.2. The van der Waals surface area contributed by atoms with Gasteiger partial charge in [0.05, 0.1) is 18.3 Å². The zero-order valence-electron chi connectivity index (χ0n) is 24.4. The van der Waals surface area contributed by atoms with E-state index in [0.29, 0.717) is 62.5 Å². The van der Waals surface area contributed by atoms with Gasteiger partial charge in [-0.25, -0.2) is 4.79 Å². The maximum atomic E-state index is 14.4. The molecule has 40 heavy (non-hydrogen) atoms. The fraction of sp³-hybridized carbons (Fsp3) is 0.727. The van der Waals surface area contributed by atoms with Crippen molar-refractivity contribution in [2.24, 2.45) is 39.4 Å². The number of aliphatic hydroxyl groups excluding tert-OH is 3. The largest absolute Gasteiger partial charge is 0.478 e. The van der Waals surface area contributed by atoms with Gasteiger partial charge in [-0.15, -0.1) is 11.8 Å². The van der Waals surface area contributed by atoms with E-state index < -0.39 is 45.9 Å². The van der Waals surface area contributed by atoms with Crippen molar-refractivity contribution in [2.45, 2.75) is 111 Å². The number of Topliss-reactive ketones (excluding diaryl/α,β-unsaturated/α-hetero) is 2. The monoisotopic (exact) mass is 552 g/mol. The van der Waals surface area contributed by atoms with Gasteiger partial charge in [-0.3, -0.25) is 9.59 Å². The molecule has 7 heteroatoms. The summed E-state index contributed by atoms with van der Waals surface area (Å²) in [6.45, 7) is 9.58. The summed E-state index contributed by atoms with van der Waals surface area (Å²) in [5, 5.41) is 43.9. The summed E-state index contributed by atoms with van der Waals surface area (Å²) in [6, 6.07) is 0. The number of hydrogen-bond acceptors (Lipinski definition) is 6. The van der Waals surface area contributed by atoms with Crippen molar-refractivity contribution < 1.29 is 34.8 Å². The van der Waals surface area contributed by atoms with Crippen molar-refractivity contribution >= 4 is 17.5 Å². The molecule has 10 atom stereocenters. The normalized spacial score (nSPS) is 44.4. The van der Waals surface area contributed by atoms with Crippen LogP contribution in [0.3, 0.4) is 0 Å². The van der Waals surface area contributed by atoms with Crippen LogP contribution in [0.5, 0.6) is 0 Å². The summed E-state index contributed by atoms with van der Waals surface area (Å²) in [7, 11) is 0. The molecule has 0 saturated heterocycles. The van der Waals surface area contributed by atoms with E-state index in [9.17, 15) is 34.8 Å². The van der Waals surface area contributed by atoms with Crippen LogP contribution in [0.15, 0.2) is 22.8 Å². The Morgan fingerprint density at radius 2 is 1.80 bits per heavy atom. The van der Waals surface area contributed by atoms with Crippen LogP contribution in [0.4, 0.5) is 0 Å². The van der Waals surface area contributed by atoms with Gasteiger partial charge in [-0.1, -0.05) is 27.7 Å². The molecule has 4 N–H and O–H groups in total. The zero-order valence-corrected chi connectivity index (χ0v) is 24.4. The van der Waals surface area contributed by atoms with Gasteiger partial charge >= 0.3 is 5.97 Å². The molecule has 2 saturated carbocycles. The maximum Gasteiger partial charge on any atom is 0.331 e. The third kappa shape index (κ3) is 3.86. The summed E-state index contributed by atoms with van der Waals surface area (Å²) in [5.74, 6) is 5.19. The second-order valence-corrected chi connectivity index (χ2v) is 14.2. The Bertz CT molecular complexity index is 1270. The van der Waals surface area contributed by atoms with Gasteiger partial charge in [0.15, 0.2) is 5.78 Å². The molecular formula is C33H44O7. The number of hydrogen-bond donors (Lipinski definition) is 4. The summed E-state index contributed by atoms with van der Waals surface area (Å²) in [5.41, 5.74) is -1.42.